The second-order valence-electron chi connectivity index (χ2n) is 6.51. The minimum atomic E-state index is -0.102. The van der Waals surface area contributed by atoms with Crippen LogP contribution in [0.1, 0.15) is 11.1 Å². The Hall–Kier alpha value is -3.34. The van der Waals surface area contributed by atoms with Gasteiger partial charge in [-0.1, -0.05) is 24.3 Å². The highest BCUT2D eigenvalue weighted by Crippen LogP contribution is 2.34. The van der Waals surface area contributed by atoms with E-state index in [9.17, 15) is 4.79 Å². The molecule has 2 aromatic carbocycles. The molecule has 0 atom stereocenters. The predicted octanol–water partition coefficient (Wildman–Crippen LogP) is 4.29. The molecule has 2 heterocycles. The lowest BCUT2D eigenvalue weighted by molar-refractivity contribution is 0.702. The van der Waals surface area contributed by atoms with E-state index >= 15 is 0 Å². The molecule has 5 nitrogen and oxygen atoms in total. The predicted molar refractivity (Wildman–Crippen MR) is 106 cm³/mol. The van der Waals surface area contributed by atoms with Crippen molar-refractivity contribution in [2.45, 2.75) is 13.8 Å². The Kier molecular flexibility index (Phi) is 3.84. The van der Waals surface area contributed by atoms with E-state index in [0.717, 1.165) is 22.5 Å². The first kappa shape index (κ1) is 16.1. The van der Waals surface area contributed by atoms with Crippen LogP contribution in [0.2, 0.25) is 0 Å². The monoisotopic (exact) mass is 344 g/mol. The zero-order valence-electron chi connectivity index (χ0n) is 15.0. The summed E-state index contributed by atoms with van der Waals surface area (Å²) in [7, 11) is 1.65. The summed E-state index contributed by atoms with van der Waals surface area (Å²) in [6, 6.07) is 14.6. The number of nitrogens with zero attached hydrogens (tertiary/aromatic N) is 2. The van der Waals surface area contributed by atoms with Crippen molar-refractivity contribution >= 4 is 22.3 Å². The van der Waals surface area contributed by atoms with Gasteiger partial charge in [-0.15, -0.1) is 0 Å². The second-order valence-corrected chi connectivity index (χ2v) is 6.51. The van der Waals surface area contributed by atoms with E-state index in [1.807, 2.05) is 25.3 Å². The molecule has 0 fully saturated rings. The normalized spacial score (nSPS) is 11.0. The third kappa shape index (κ3) is 2.67. The van der Waals surface area contributed by atoms with Crippen molar-refractivity contribution in [2.75, 3.05) is 5.32 Å². The molecule has 0 radical (unpaired) electrons. The fraction of sp³-hybridized carbons (Fsp3) is 0.143. The minimum absolute atomic E-state index is 0.102. The number of H-pyrrole nitrogens is 1. The van der Waals surface area contributed by atoms with Crippen molar-refractivity contribution in [1.29, 1.82) is 0 Å². The molecule has 0 saturated heterocycles. The first-order chi connectivity index (χ1) is 12.5. The maximum absolute atomic E-state index is 12.1. The topological polar surface area (TPSA) is 62.7 Å². The fourth-order valence-electron chi connectivity index (χ4n) is 3.27. The molecule has 2 N–H and O–H groups in total. The number of aromatic nitrogens is 3. The van der Waals surface area contributed by atoms with Crippen LogP contribution in [0.25, 0.3) is 22.0 Å². The van der Waals surface area contributed by atoms with Gasteiger partial charge in [-0.05, 0) is 48.7 Å². The van der Waals surface area contributed by atoms with Gasteiger partial charge in [-0.2, -0.15) is 5.10 Å². The number of benzene rings is 2. The molecule has 0 aliphatic heterocycles. The van der Waals surface area contributed by atoms with Crippen LogP contribution in [0, 0.1) is 13.8 Å². The standard InChI is InChI=1S/C21H20N4O/c1-13-6-4-5-7-16(13)18-10-15(11-19-17(18)8-9-22-19)24-20-12-23-25(3)21(26)14(20)2/h4-12,22,24H,1-3H3. The lowest BCUT2D eigenvalue weighted by atomic mass is 9.97. The van der Waals surface area contributed by atoms with Crippen LogP contribution in [0.3, 0.4) is 0 Å². The molecule has 0 unspecified atom stereocenters. The zero-order chi connectivity index (χ0) is 18.3. The van der Waals surface area contributed by atoms with Crippen LogP contribution in [-0.4, -0.2) is 14.8 Å². The molecule has 0 aliphatic carbocycles. The van der Waals surface area contributed by atoms with E-state index < -0.39 is 0 Å². The molecule has 0 spiro atoms. The molecule has 0 aliphatic rings. The van der Waals surface area contributed by atoms with Crippen molar-refractivity contribution in [3.05, 3.63) is 76.3 Å². The number of rotatable bonds is 3. The maximum atomic E-state index is 12.1. The Morgan fingerprint density at radius 2 is 1.88 bits per heavy atom. The second kappa shape index (κ2) is 6.19. The van der Waals surface area contributed by atoms with Crippen LogP contribution in [0.5, 0.6) is 0 Å². The summed E-state index contributed by atoms with van der Waals surface area (Å²) in [4.78, 5) is 15.4. The average molecular weight is 344 g/mol. The zero-order valence-corrected chi connectivity index (χ0v) is 15.0. The Balaban J connectivity index is 1.86. The summed E-state index contributed by atoms with van der Waals surface area (Å²) in [5.74, 6) is 0. The summed E-state index contributed by atoms with van der Waals surface area (Å²) in [6.07, 6.45) is 3.63. The maximum Gasteiger partial charge on any atom is 0.271 e. The molecule has 4 rings (SSSR count). The third-order valence-corrected chi connectivity index (χ3v) is 4.76. The van der Waals surface area contributed by atoms with Gasteiger partial charge in [0.15, 0.2) is 0 Å². The number of hydrogen-bond donors (Lipinski definition) is 2. The van der Waals surface area contributed by atoms with Crippen molar-refractivity contribution in [3.8, 4) is 11.1 Å². The van der Waals surface area contributed by atoms with Crippen molar-refractivity contribution in [1.82, 2.24) is 14.8 Å². The first-order valence-electron chi connectivity index (χ1n) is 8.51. The molecule has 26 heavy (non-hydrogen) atoms. The molecule has 4 aromatic rings. The van der Waals surface area contributed by atoms with Crippen LogP contribution in [0.15, 0.2) is 59.7 Å². The Morgan fingerprint density at radius 3 is 2.69 bits per heavy atom. The van der Waals surface area contributed by atoms with Gasteiger partial charge in [-0.25, -0.2) is 4.68 Å². The van der Waals surface area contributed by atoms with Gasteiger partial charge in [0.25, 0.3) is 5.56 Å². The molecular weight excluding hydrogens is 324 g/mol. The molecule has 2 aromatic heterocycles. The Morgan fingerprint density at radius 1 is 1.08 bits per heavy atom. The highest BCUT2D eigenvalue weighted by molar-refractivity contribution is 5.98. The molecular formula is C21H20N4O. The molecule has 0 bridgehead atoms. The van der Waals surface area contributed by atoms with Gasteiger partial charge in [0.2, 0.25) is 0 Å². The highest BCUT2D eigenvalue weighted by atomic mass is 16.1. The van der Waals surface area contributed by atoms with Crippen molar-refractivity contribution in [3.63, 3.8) is 0 Å². The van der Waals surface area contributed by atoms with Gasteiger partial charge in [0.1, 0.15) is 0 Å². The summed E-state index contributed by atoms with van der Waals surface area (Å²) in [6.45, 7) is 3.92. The lowest BCUT2D eigenvalue weighted by Crippen LogP contribution is -2.22. The number of aryl methyl sites for hydroxylation is 2. The fourth-order valence-corrected chi connectivity index (χ4v) is 3.27. The van der Waals surface area contributed by atoms with Gasteiger partial charge >= 0.3 is 0 Å². The van der Waals surface area contributed by atoms with Gasteiger partial charge in [0, 0.05) is 35.4 Å². The average Bonchev–Trinajstić information content (AvgIpc) is 3.11. The summed E-state index contributed by atoms with van der Waals surface area (Å²) in [5, 5.41) is 8.64. The summed E-state index contributed by atoms with van der Waals surface area (Å²) in [5.41, 5.74) is 6.78. The molecule has 0 saturated carbocycles. The number of fused-ring (bicyclic) bond motifs is 1. The van der Waals surface area contributed by atoms with Crippen molar-refractivity contribution < 1.29 is 0 Å². The number of hydrogen-bond acceptors (Lipinski definition) is 3. The van der Waals surface area contributed by atoms with E-state index in [1.165, 1.54) is 21.2 Å². The largest absolute Gasteiger partial charge is 0.361 e. The highest BCUT2D eigenvalue weighted by Gasteiger charge is 2.11. The Labute approximate surface area is 151 Å². The lowest BCUT2D eigenvalue weighted by Gasteiger charge is -2.13. The molecule has 0 amide bonds. The van der Waals surface area contributed by atoms with E-state index in [1.54, 1.807) is 13.2 Å². The number of nitrogens with one attached hydrogen (secondary N) is 2. The quantitative estimate of drug-likeness (QED) is 0.583. The number of anilines is 2. The van der Waals surface area contributed by atoms with Gasteiger partial charge in [0.05, 0.1) is 11.9 Å². The molecule has 130 valence electrons. The van der Waals surface area contributed by atoms with E-state index in [4.69, 9.17) is 0 Å². The van der Waals surface area contributed by atoms with E-state index in [2.05, 4.69) is 52.7 Å². The first-order valence-corrected chi connectivity index (χ1v) is 8.51. The minimum Gasteiger partial charge on any atom is -0.361 e. The Bertz CT molecular complexity index is 1170. The summed E-state index contributed by atoms with van der Waals surface area (Å²) < 4.78 is 1.34. The van der Waals surface area contributed by atoms with Gasteiger partial charge in [-0.3, -0.25) is 4.79 Å². The van der Waals surface area contributed by atoms with Gasteiger partial charge < -0.3 is 10.3 Å². The van der Waals surface area contributed by atoms with E-state index in [0.29, 0.717) is 5.56 Å². The number of aromatic amines is 1. The summed E-state index contributed by atoms with van der Waals surface area (Å²) >= 11 is 0. The van der Waals surface area contributed by atoms with Crippen molar-refractivity contribution in [2.24, 2.45) is 7.05 Å². The smallest absolute Gasteiger partial charge is 0.271 e. The van der Waals surface area contributed by atoms with Crippen LogP contribution < -0.4 is 10.9 Å². The van der Waals surface area contributed by atoms with Crippen LogP contribution in [0.4, 0.5) is 11.4 Å². The SMILES string of the molecule is Cc1ccccc1-c1cc(Nc2cnn(C)c(=O)c2C)cc2[nH]ccc12. The van der Waals surface area contributed by atoms with E-state index in [-0.39, 0.29) is 5.56 Å². The van der Waals surface area contributed by atoms with Crippen LogP contribution >= 0.6 is 0 Å². The molecule has 5 heteroatoms. The van der Waals surface area contributed by atoms with Crippen LogP contribution in [-0.2, 0) is 7.05 Å². The third-order valence-electron chi connectivity index (χ3n) is 4.76.